The van der Waals surface area contributed by atoms with Gasteiger partial charge in [0.25, 0.3) is 11.8 Å². The number of halogens is 1. The zero-order valence-corrected chi connectivity index (χ0v) is 15.8. The second kappa shape index (κ2) is 7.66. The van der Waals surface area contributed by atoms with Crippen molar-refractivity contribution in [3.05, 3.63) is 59.1 Å². The quantitative estimate of drug-likeness (QED) is 0.775. The van der Waals surface area contributed by atoms with Crippen LogP contribution in [0.4, 0.5) is 17.1 Å². The number of amides is 4. The molecule has 0 atom stereocenters. The van der Waals surface area contributed by atoms with Crippen molar-refractivity contribution in [2.45, 2.75) is 13.8 Å². The van der Waals surface area contributed by atoms with E-state index in [0.29, 0.717) is 22.6 Å². The third kappa shape index (κ3) is 3.79. The van der Waals surface area contributed by atoms with Gasteiger partial charge in [0.1, 0.15) is 5.03 Å². The molecule has 0 bridgehead atoms. The number of nitrogens with zero attached hydrogens (tertiary/aromatic N) is 1. The lowest BCUT2D eigenvalue weighted by molar-refractivity contribution is -0.120. The van der Waals surface area contributed by atoms with Crippen molar-refractivity contribution in [3.8, 4) is 0 Å². The van der Waals surface area contributed by atoms with Gasteiger partial charge in [-0.1, -0.05) is 23.7 Å². The highest BCUT2D eigenvalue weighted by atomic mass is 35.5. The molecular weight excluding hydrogens is 382 g/mol. The molecule has 0 saturated carbocycles. The van der Waals surface area contributed by atoms with Gasteiger partial charge in [0.15, 0.2) is 0 Å². The molecule has 2 aromatic carbocycles. The molecule has 4 amide bonds. The fourth-order valence-corrected chi connectivity index (χ4v) is 3.08. The molecule has 2 N–H and O–H groups in total. The summed E-state index contributed by atoms with van der Waals surface area (Å²) >= 11 is 6.17. The molecule has 0 radical (unpaired) electrons. The van der Waals surface area contributed by atoms with Gasteiger partial charge in [-0.05, 0) is 42.0 Å². The molecule has 28 heavy (non-hydrogen) atoms. The van der Waals surface area contributed by atoms with Crippen molar-refractivity contribution in [2.75, 3.05) is 15.5 Å². The van der Waals surface area contributed by atoms with Crippen LogP contribution in [-0.4, -0.2) is 23.6 Å². The van der Waals surface area contributed by atoms with E-state index in [4.69, 9.17) is 11.6 Å². The van der Waals surface area contributed by atoms with Crippen LogP contribution in [0.1, 0.15) is 19.4 Å². The van der Waals surface area contributed by atoms with E-state index in [1.807, 2.05) is 0 Å². The largest absolute Gasteiger partial charge is 0.326 e. The maximum atomic E-state index is 12.9. The monoisotopic (exact) mass is 397 g/mol. The van der Waals surface area contributed by atoms with E-state index in [1.54, 1.807) is 48.5 Å². The van der Waals surface area contributed by atoms with Crippen molar-refractivity contribution in [3.63, 3.8) is 0 Å². The van der Waals surface area contributed by atoms with Crippen LogP contribution in [0.2, 0.25) is 0 Å². The van der Waals surface area contributed by atoms with Gasteiger partial charge in [0.05, 0.1) is 11.3 Å². The second-order valence-electron chi connectivity index (χ2n) is 6.12. The minimum Gasteiger partial charge on any atom is -0.326 e. The van der Waals surface area contributed by atoms with Gasteiger partial charge < -0.3 is 10.6 Å². The molecule has 142 valence electrons. The summed E-state index contributed by atoms with van der Waals surface area (Å²) in [4.78, 5) is 48.6. The molecule has 0 aromatic heterocycles. The van der Waals surface area contributed by atoms with E-state index in [9.17, 15) is 19.2 Å². The number of imide groups is 1. The predicted molar refractivity (Wildman–Crippen MR) is 107 cm³/mol. The van der Waals surface area contributed by atoms with Crippen LogP contribution >= 0.6 is 11.6 Å². The first kappa shape index (κ1) is 19.3. The molecule has 1 heterocycles. The number of nitrogens with one attached hydrogen (secondary N) is 2. The Morgan fingerprint density at radius 2 is 1.25 bits per heavy atom. The third-order valence-corrected chi connectivity index (χ3v) is 4.32. The average molecular weight is 398 g/mol. The van der Waals surface area contributed by atoms with E-state index < -0.39 is 11.8 Å². The summed E-state index contributed by atoms with van der Waals surface area (Å²) in [6.45, 7) is 2.77. The predicted octanol–water partition coefficient (Wildman–Crippen LogP) is 3.13. The number of benzene rings is 2. The first-order valence-electron chi connectivity index (χ1n) is 8.32. The zero-order chi connectivity index (χ0) is 20.4. The maximum Gasteiger partial charge on any atom is 0.277 e. The number of hydrogen-bond donors (Lipinski definition) is 2. The normalized spacial score (nSPS) is 13.8. The molecular formula is C20H16ClN3O4. The average Bonchev–Trinajstić information content (AvgIpc) is 2.85. The fourth-order valence-electron chi connectivity index (χ4n) is 2.81. The fraction of sp³-hybridized carbons (Fsp3) is 0.100. The van der Waals surface area contributed by atoms with Crippen LogP contribution in [-0.2, 0) is 19.2 Å². The molecule has 8 heteroatoms. The highest BCUT2D eigenvalue weighted by molar-refractivity contribution is 6.60. The van der Waals surface area contributed by atoms with E-state index in [2.05, 4.69) is 10.6 Å². The highest BCUT2D eigenvalue weighted by Crippen LogP contribution is 2.35. The molecule has 0 fully saturated rings. The lowest BCUT2D eigenvalue weighted by Gasteiger charge is -2.15. The molecule has 0 aliphatic carbocycles. The number of rotatable bonds is 4. The first-order chi connectivity index (χ1) is 13.3. The smallest absolute Gasteiger partial charge is 0.277 e. The van der Waals surface area contributed by atoms with E-state index in [0.717, 1.165) is 4.90 Å². The second-order valence-corrected chi connectivity index (χ2v) is 6.50. The Morgan fingerprint density at radius 1 is 0.786 bits per heavy atom. The summed E-state index contributed by atoms with van der Waals surface area (Å²) < 4.78 is 0. The van der Waals surface area contributed by atoms with Crippen LogP contribution in [0.25, 0.3) is 5.57 Å². The van der Waals surface area contributed by atoms with Crippen molar-refractivity contribution in [2.24, 2.45) is 0 Å². The Hall–Kier alpha value is -3.45. The van der Waals surface area contributed by atoms with Crippen LogP contribution in [0.3, 0.4) is 0 Å². The summed E-state index contributed by atoms with van der Waals surface area (Å²) in [7, 11) is 0. The lowest BCUT2D eigenvalue weighted by atomic mass is 10.1. The number of hydrogen-bond acceptors (Lipinski definition) is 4. The Balaban J connectivity index is 1.87. The first-order valence-corrected chi connectivity index (χ1v) is 8.70. The third-order valence-electron chi connectivity index (χ3n) is 3.97. The van der Waals surface area contributed by atoms with Gasteiger partial charge in [-0.3, -0.25) is 19.2 Å². The Kier molecular flexibility index (Phi) is 5.28. The highest BCUT2D eigenvalue weighted by Gasteiger charge is 2.39. The summed E-state index contributed by atoms with van der Waals surface area (Å²) in [6, 6.07) is 12.7. The minimum absolute atomic E-state index is 0.0898. The molecule has 1 aliphatic rings. The standard InChI is InChI=1S/C20H16ClN3O4/c1-11(25)22-14-5-3-13(4-6-14)17-18(21)20(28)24(19(17)27)16-9-7-15(8-10-16)23-12(2)26/h3-10H,1-2H3,(H,22,25)(H,23,26). The molecule has 2 aromatic rings. The number of carbonyl (C=O) groups is 4. The van der Waals surface area contributed by atoms with Gasteiger partial charge in [-0.15, -0.1) is 0 Å². The van der Waals surface area contributed by atoms with Crippen molar-refractivity contribution < 1.29 is 19.2 Å². The summed E-state index contributed by atoms with van der Waals surface area (Å²) in [6.07, 6.45) is 0. The van der Waals surface area contributed by atoms with Crippen molar-refractivity contribution in [1.82, 2.24) is 0 Å². The Labute approximate surface area is 166 Å². The van der Waals surface area contributed by atoms with Gasteiger partial charge in [-0.2, -0.15) is 0 Å². The molecule has 0 spiro atoms. The summed E-state index contributed by atoms with van der Waals surface area (Å²) in [5.41, 5.74) is 2.01. The Bertz CT molecular complexity index is 1010. The number of carbonyl (C=O) groups excluding carboxylic acids is 4. The van der Waals surface area contributed by atoms with Gasteiger partial charge in [0, 0.05) is 25.2 Å². The van der Waals surface area contributed by atoms with Gasteiger partial charge in [-0.25, -0.2) is 4.90 Å². The maximum absolute atomic E-state index is 12.9. The Morgan fingerprint density at radius 3 is 1.71 bits per heavy atom. The van der Waals surface area contributed by atoms with E-state index in [1.165, 1.54) is 13.8 Å². The van der Waals surface area contributed by atoms with Crippen LogP contribution in [0, 0.1) is 0 Å². The zero-order valence-electron chi connectivity index (χ0n) is 15.1. The topological polar surface area (TPSA) is 95.6 Å². The van der Waals surface area contributed by atoms with Crippen LogP contribution in [0.15, 0.2) is 53.6 Å². The SMILES string of the molecule is CC(=O)Nc1ccc(C2=C(Cl)C(=O)N(c3ccc(NC(C)=O)cc3)C2=O)cc1. The van der Waals surface area contributed by atoms with Crippen molar-refractivity contribution >= 4 is 57.9 Å². The van der Waals surface area contributed by atoms with E-state index in [-0.39, 0.29) is 22.4 Å². The molecule has 3 rings (SSSR count). The molecule has 0 saturated heterocycles. The van der Waals surface area contributed by atoms with Gasteiger partial charge in [0.2, 0.25) is 11.8 Å². The molecule has 0 unspecified atom stereocenters. The van der Waals surface area contributed by atoms with Crippen LogP contribution in [0.5, 0.6) is 0 Å². The van der Waals surface area contributed by atoms with E-state index >= 15 is 0 Å². The summed E-state index contributed by atoms with van der Waals surface area (Å²) in [5.74, 6) is -1.61. The molecule has 7 nitrogen and oxygen atoms in total. The number of anilines is 3. The van der Waals surface area contributed by atoms with Crippen molar-refractivity contribution in [1.29, 1.82) is 0 Å². The minimum atomic E-state index is -0.625. The summed E-state index contributed by atoms with van der Waals surface area (Å²) in [5, 5.41) is 5.06. The lowest BCUT2D eigenvalue weighted by Crippen LogP contribution is -2.31. The van der Waals surface area contributed by atoms with Crippen LogP contribution < -0.4 is 15.5 Å². The molecule has 1 aliphatic heterocycles. The van der Waals surface area contributed by atoms with Gasteiger partial charge >= 0.3 is 0 Å².